The van der Waals surface area contributed by atoms with Crippen molar-refractivity contribution in [3.05, 3.63) is 85.9 Å². The molecule has 192 valence electrons. The molecule has 0 aliphatic carbocycles. The third-order valence-corrected chi connectivity index (χ3v) is 7.74. The largest absolute Gasteiger partial charge is 0.417 e. The number of hydrogen-bond donors (Lipinski definition) is 1. The summed E-state index contributed by atoms with van der Waals surface area (Å²) in [5.74, 6) is 0.211. The van der Waals surface area contributed by atoms with Crippen LogP contribution in [0, 0.1) is 6.92 Å². The van der Waals surface area contributed by atoms with Gasteiger partial charge < -0.3 is 19.6 Å². The molecule has 3 aromatic heterocycles. The van der Waals surface area contributed by atoms with E-state index < -0.39 is 5.54 Å². The van der Waals surface area contributed by atoms with E-state index in [1.807, 2.05) is 61.4 Å². The lowest BCUT2D eigenvalue weighted by molar-refractivity contribution is 0.0735. The van der Waals surface area contributed by atoms with Crippen LogP contribution in [-0.4, -0.2) is 37.1 Å². The van der Waals surface area contributed by atoms with Crippen molar-refractivity contribution in [2.45, 2.75) is 58.2 Å². The van der Waals surface area contributed by atoms with Gasteiger partial charge in [-0.2, -0.15) is 0 Å². The first kappa shape index (κ1) is 25.0. The lowest BCUT2D eigenvalue weighted by atomic mass is 9.94. The van der Waals surface area contributed by atoms with Crippen LogP contribution in [0.15, 0.2) is 57.1 Å². The van der Waals surface area contributed by atoms with Crippen LogP contribution in [0.25, 0.3) is 11.6 Å². The molecular formula is C27H30N6O3S. The Labute approximate surface area is 219 Å². The van der Waals surface area contributed by atoms with Crippen LogP contribution in [0.2, 0.25) is 0 Å². The zero-order chi connectivity index (χ0) is 26.2. The van der Waals surface area contributed by atoms with Gasteiger partial charge in [0.1, 0.15) is 10.7 Å². The Balaban J connectivity index is 1.47. The maximum Gasteiger partial charge on any atom is 0.264 e. The van der Waals surface area contributed by atoms with Crippen molar-refractivity contribution in [3.63, 3.8) is 0 Å². The summed E-state index contributed by atoms with van der Waals surface area (Å²) in [7, 11) is 0. The summed E-state index contributed by atoms with van der Waals surface area (Å²) in [5.41, 5.74) is 8.03. The number of carbonyl (C=O) groups excluding carboxylic acids is 1. The number of likely N-dealkylation sites (tertiary alicyclic amines) is 1. The Hall–Kier alpha value is -3.63. The summed E-state index contributed by atoms with van der Waals surface area (Å²) < 4.78 is 7.54. The number of rotatable bonds is 7. The van der Waals surface area contributed by atoms with E-state index in [0.717, 1.165) is 29.1 Å². The fourth-order valence-corrected chi connectivity index (χ4v) is 5.78. The quantitative estimate of drug-likeness (QED) is 0.391. The van der Waals surface area contributed by atoms with Gasteiger partial charge >= 0.3 is 0 Å². The van der Waals surface area contributed by atoms with Crippen LogP contribution in [0.4, 0.5) is 0 Å². The van der Waals surface area contributed by atoms with E-state index in [0.29, 0.717) is 30.8 Å². The molecule has 37 heavy (non-hydrogen) atoms. The van der Waals surface area contributed by atoms with Gasteiger partial charge in [-0.25, -0.2) is 4.98 Å². The van der Waals surface area contributed by atoms with Gasteiger partial charge in [0.05, 0.1) is 11.6 Å². The summed E-state index contributed by atoms with van der Waals surface area (Å²) in [5, 5.41) is 11.3. The van der Waals surface area contributed by atoms with Crippen LogP contribution < -0.4 is 11.3 Å². The normalized spacial score (nSPS) is 17.2. The number of hydrogen-bond acceptors (Lipinski definition) is 8. The van der Waals surface area contributed by atoms with Gasteiger partial charge in [0, 0.05) is 35.8 Å². The van der Waals surface area contributed by atoms with Crippen molar-refractivity contribution in [1.82, 2.24) is 24.6 Å². The highest BCUT2D eigenvalue weighted by atomic mass is 32.1. The Kier molecular flexibility index (Phi) is 6.78. The molecule has 0 saturated carbocycles. The van der Waals surface area contributed by atoms with Gasteiger partial charge in [0.15, 0.2) is 0 Å². The van der Waals surface area contributed by atoms with Crippen LogP contribution in [0.3, 0.4) is 0 Å². The van der Waals surface area contributed by atoms with E-state index in [4.69, 9.17) is 10.2 Å². The molecule has 1 aromatic carbocycles. The lowest BCUT2D eigenvalue weighted by Gasteiger charge is -2.23. The van der Waals surface area contributed by atoms with E-state index in [1.165, 1.54) is 10.6 Å². The van der Waals surface area contributed by atoms with E-state index >= 15 is 0 Å². The summed E-state index contributed by atoms with van der Waals surface area (Å²) in [6.07, 6.45) is 2.24. The second-order valence-corrected chi connectivity index (χ2v) is 10.6. The maximum atomic E-state index is 13.6. The van der Waals surface area contributed by atoms with E-state index in [1.54, 1.807) is 17.4 Å². The molecule has 5 rings (SSSR count). The molecule has 10 heteroatoms. The molecule has 0 spiro atoms. The summed E-state index contributed by atoms with van der Waals surface area (Å²) in [6.45, 7) is 6.63. The van der Waals surface area contributed by atoms with E-state index in [-0.39, 0.29) is 29.3 Å². The summed E-state index contributed by atoms with van der Waals surface area (Å²) in [4.78, 5) is 33.1. The molecule has 4 aromatic rings. The second kappa shape index (κ2) is 10.0. The van der Waals surface area contributed by atoms with Gasteiger partial charge in [-0.1, -0.05) is 30.3 Å². The van der Waals surface area contributed by atoms with Gasteiger partial charge in [-0.05, 0) is 51.7 Å². The number of benzene rings is 1. The van der Waals surface area contributed by atoms with Crippen LogP contribution in [-0.2, 0) is 18.5 Å². The topological polar surface area (TPSA) is 120 Å². The molecule has 1 aliphatic rings. The predicted octanol–water partition coefficient (Wildman–Crippen LogP) is 4.08. The Morgan fingerprint density at radius 3 is 2.73 bits per heavy atom. The molecule has 1 aliphatic heterocycles. The minimum atomic E-state index is -0.911. The molecule has 4 heterocycles. The number of aromatic nitrogens is 4. The number of pyridine rings is 1. The molecule has 0 radical (unpaired) electrons. The maximum absolute atomic E-state index is 13.6. The standard InChI is InChI=1S/C27H30N6O3S/c1-4-32-21(23-30-31-26(36-23)27(3,28)15-18-9-6-5-7-10-18)13-19(14-22(32)34)25(35)33-12-8-11-20(33)24-29-17(2)16-37-24/h5-7,9-10,13-14,16,20H,4,8,11-12,15,28H2,1-3H3/t20-,27-/m1/s1. The molecule has 1 saturated heterocycles. The number of thiazole rings is 1. The highest BCUT2D eigenvalue weighted by Gasteiger charge is 2.34. The van der Waals surface area contributed by atoms with Crippen molar-refractivity contribution >= 4 is 17.2 Å². The number of amides is 1. The fraction of sp³-hybridized carbons (Fsp3) is 0.370. The molecular weight excluding hydrogens is 488 g/mol. The van der Waals surface area contributed by atoms with E-state index in [2.05, 4.69) is 15.2 Å². The number of nitrogens with two attached hydrogens (primary N) is 1. The molecule has 2 atom stereocenters. The highest BCUT2D eigenvalue weighted by Crippen LogP contribution is 2.35. The number of carbonyl (C=O) groups is 1. The van der Waals surface area contributed by atoms with Crippen molar-refractivity contribution in [2.75, 3.05) is 6.54 Å². The van der Waals surface area contributed by atoms with E-state index in [9.17, 15) is 9.59 Å². The highest BCUT2D eigenvalue weighted by molar-refractivity contribution is 7.09. The van der Waals surface area contributed by atoms with Gasteiger partial charge in [-0.3, -0.25) is 9.59 Å². The average Bonchev–Trinajstić information content (AvgIpc) is 3.64. The smallest absolute Gasteiger partial charge is 0.264 e. The van der Waals surface area contributed by atoms with Crippen molar-refractivity contribution in [3.8, 4) is 11.6 Å². The monoisotopic (exact) mass is 518 g/mol. The summed E-state index contributed by atoms with van der Waals surface area (Å²) >= 11 is 1.56. The van der Waals surface area contributed by atoms with Crippen LogP contribution in [0.5, 0.6) is 0 Å². The first-order valence-corrected chi connectivity index (χ1v) is 13.3. The average molecular weight is 519 g/mol. The predicted molar refractivity (Wildman–Crippen MR) is 141 cm³/mol. The SMILES string of the molecule is CCn1c(-c2nnc([C@](C)(N)Cc3ccccc3)o2)cc(C(=O)N2CCC[C@@H]2c2nc(C)cs2)cc1=O. The molecule has 1 amide bonds. The molecule has 0 unspecified atom stereocenters. The Bertz CT molecular complexity index is 1470. The molecule has 1 fully saturated rings. The first-order valence-electron chi connectivity index (χ1n) is 12.4. The fourth-order valence-electron chi connectivity index (χ4n) is 4.83. The number of nitrogens with zero attached hydrogens (tertiary/aromatic N) is 5. The number of aryl methyl sites for hydroxylation is 1. The second-order valence-electron chi connectivity index (χ2n) is 9.69. The first-order chi connectivity index (χ1) is 17.8. The van der Waals surface area contributed by atoms with Crippen molar-refractivity contribution in [2.24, 2.45) is 5.73 Å². The molecule has 2 N–H and O–H groups in total. The minimum absolute atomic E-state index is 0.0887. The van der Waals surface area contributed by atoms with Crippen LogP contribution >= 0.6 is 11.3 Å². The Morgan fingerprint density at radius 1 is 1.24 bits per heavy atom. The van der Waals surface area contributed by atoms with Gasteiger partial charge in [0.25, 0.3) is 17.4 Å². The zero-order valence-electron chi connectivity index (χ0n) is 21.2. The zero-order valence-corrected chi connectivity index (χ0v) is 22.0. The van der Waals surface area contributed by atoms with Crippen molar-refractivity contribution in [1.29, 1.82) is 0 Å². The molecule has 0 bridgehead atoms. The third-order valence-electron chi connectivity index (χ3n) is 6.67. The third kappa shape index (κ3) is 4.99. The van der Waals surface area contributed by atoms with Crippen LogP contribution in [0.1, 0.15) is 65.2 Å². The lowest BCUT2D eigenvalue weighted by Crippen LogP contribution is -2.35. The van der Waals surface area contributed by atoms with Gasteiger partial charge in [-0.15, -0.1) is 21.5 Å². The molecule has 9 nitrogen and oxygen atoms in total. The summed E-state index contributed by atoms with van der Waals surface area (Å²) in [6, 6.07) is 12.8. The minimum Gasteiger partial charge on any atom is -0.417 e. The Morgan fingerprint density at radius 2 is 2.03 bits per heavy atom. The van der Waals surface area contributed by atoms with Gasteiger partial charge in [0.2, 0.25) is 5.89 Å². The van der Waals surface area contributed by atoms with Crippen molar-refractivity contribution < 1.29 is 9.21 Å².